The zero-order chi connectivity index (χ0) is 23.4. The van der Waals surface area contributed by atoms with Crippen LogP contribution < -0.4 is 20.2 Å². The van der Waals surface area contributed by atoms with Crippen LogP contribution in [0.5, 0.6) is 11.5 Å². The number of nitrogens with zero attached hydrogens (tertiary/aromatic N) is 3. The first-order valence-electron chi connectivity index (χ1n) is 11.6. The molecule has 0 aromatic heterocycles. The molecule has 4 amide bonds. The summed E-state index contributed by atoms with van der Waals surface area (Å²) in [6.45, 7) is 4.01. The van der Waals surface area contributed by atoms with Gasteiger partial charge in [0.25, 0.3) is 11.8 Å². The molecule has 4 rings (SSSR count). The lowest BCUT2D eigenvalue weighted by Crippen LogP contribution is -2.54. The molecular weight excluding hydrogens is 426 g/mol. The van der Waals surface area contributed by atoms with Crippen molar-refractivity contribution in [2.24, 2.45) is 0 Å². The van der Waals surface area contributed by atoms with Crippen LogP contribution >= 0.6 is 0 Å². The monoisotopic (exact) mass is 459 g/mol. The number of hydrazine groups is 1. The van der Waals surface area contributed by atoms with E-state index in [1.807, 2.05) is 23.1 Å². The van der Waals surface area contributed by atoms with Gasteiger partial charge in [0.15, 0.2) is 11.5 Å². The number of hydrogen-bond donors (Lipinski definition) is 2. The molecule has 1 aromatic rings. The van der Waals surface area contributed by atoms with Gasteiger partial charge in [-0.15, -0.1) is 0 Å². The maximum absolute atomic E-state index is 12.8. The molecule has 1 spiro atoms. The van der Waals surface area contributed by atoms with E-state index in [-0.39, 0.29) is 18.4 Å². The van der Waals surface area contributed by atoms with E-state index in [0.29, 0.717) is 24.3 Å². The molecule has 3 fully saturated rings. The lowest BCUT2D eigenvalue weighted by Gasteiger charge is -2.34. The van der Waals surface area contributed by atoms with E-state index >= 15 is 0 Å². The first-order valence-corrected chi connectivity index (χ1v) is 11.6. The molecule has 1 aliphatic carbocycles. The second-order valence-electron chi connectivity index (χ2n) is 8.99. The largest absolute Gasteiger partial charge is 0.493 e. The summed E-state index contributed by atoms with van der Waals surface area (Å²) in [5.41, 5.74) is 2.82. The molecule has 0 bridgehead atoms. The molecule has 2 N–H and O–H groups in total. The highest BCUT2D eigenvalue weighted by atomic mass is 16.5. The molecule has 2 saturated heterocycles. The smallest absolute Gasteiger partial charge is 0.344 e. The minimum absolute atomic E-state index is 0.147. The van der Waals surface area contributed by atoms with E-state index < -0.39 is 11.6 Å². The maximum Gasteiger partial charge on any atom is 0.344 e. The number of urea groups is 1. The molecule has 2 heterocycles. The molecule has 10 nitrogen and oxygen atoms in total. The van der Waals surface area contributed by atoms with E-state index in [2.05, 4.69) is 15.6 Å². The van der Waals surface area contributed by atoms with Gasteiger partial charge >= 0.3 is 6.03 Å². The summed E-state index contributed by atoms with van der Waals surface area (Å²) in [7, 11) is 3.24. The predicted molar refractivity (Wildman–Crippen MR) is 121 cm³/mol. The Morgan fingerprint density at radius 3 is 2.33 bits per heavy atom. The van der Waals surface area contributed by atoms with Gasteiger partial charge in [-0.2, -0.15) is 5.01 Å². The van der Waals surface area contributed by atoms with Crippen molar-refractivity contribution in [1.82, 2.24) is 25.6 Å². The van der Waals surface area contributed by atoms with Gasteiger partial charge < -0.3 is 14.8 Å². The van der Waals surface area contributed by atoms with Gasteiger partial charge in [-0.05, 0) is 30.5 Å². The van der Waals surface area contributed by atoms with Crippen molar-refractivity contribution in [2.45, 2.75) is 44.2 Å². The van der Waals surface area contributed by atoms with Gasteiger partial charge in [-0.25, -0.2) is 4.79 Å². The Labute approximate surface area is 194 Å². The summed E-state index contributed by atoms with van der Waals surface area (Å²) >= 11 is 0. The number of carbonyl (C=O) groups excluding carboxylic acids is 3. The molecule has 0 radical (unpaired) electrons. The van der Waals surface area contributed by atoms with Gasteiger partial charge in [0.05, 0.1) is 20.8 Å². The number of imide groups is 1. The summed E-state index contributed by atoms with van der Waals surface area (Å²) in [5, 5.41) is 3.68. The van der Waals surface area contributed by atoms with E-state index in [4.69, 9.17) is 9.47 Å². The molecule has 180 valence electrons. The van der Waals surface area contributed by atoms with E-state index in [1.54, 1.807) is 14.2 Å². The number of ether oxygens (including phenoxy) is 2. The number of carbonyl (C=O) groups is 3. The average molecular weight is 460 g/mol. The lowest BCUT2D eigenvalue weighted by molar-refractivity contribution is -0.140. The van der Waals surface area contributed by atoms with Gasteiger partial charge in [0, 0.05) is 32.7 Å². The van der Waals surface area contributed by atoms with Crippen LogP contribution in [0, 0.1) is 0 Å². The average Bonchev–Trinajstić information content (AvgIpc) is 3.04. The quantitative estimate of drug-likeness (QED) is 0.589. The fourth-order valence-electron chi connectivity index (χ4n) is 4.92. The molecule has 0 unspecified atom stereocenters. The van der Waals surface area contributed by atoms with Crippen LogP contribution in [-0.4, -0.2) is 85.1 Å². The van der Waals surface area contributed by atoms with Crippen LogP contribution in [-0.2, 0) is 16.1 Å². The van der Waals surface area contributed by atoms with Gasteiger partial charge in [0.2, 0.25) is 0 Å². The molecule has 10 heteroatoms. The molecular formula is C23H33N5O5. The Morgan fingerprint density at radius 1 is 1.00 bits per heavy atom. The van der Waals surface area contributed by atoms with Crippen LogP contribution in [0.2, 0.25) is 0 Å². The van der Waals surface area contributed by atoms with Crippen molar-refractivity contribution in [2.75, 3.05) is 46.9 Å². The fraction of sp³-hybridized carbons (Fsp3) is 0.609. The molecule has 33 heavy (non-hydrogen) atoms. The number of amides is 4. The number of piperazine rings is 1. The Bertz CT molecular complexity index is 893. The standard InChI is InChI=1S/C23H33N5O5/c1-32-18-7-6-17(14-19(18)33-2)15-26-10-12-27(13-11-26)16-20(29)25-28-21(30)23(24-22(28)31)8-4-3-5-9-23/h6-7,14H,3-5,8-13,15-16H2,1-2H3,(H,24,31)(H,25,29). The van der Waals surface area contributed by atoms with Crippen LogP contribution in [0.25, 0.3) is 0 Å². The predicted octanol–water partition coefficient (Wildman–Crippen LogP) is 1.11. The molecule has 0 atom stereocenters. The van der Waals surface area contributed by atoms with E-state index in [0.717, 1.165) is 62.6 Å². The number of methoxy groups -OCH3 is 2. The lowest BCUT2D eigenvalue weighted by atomic mass is 9.82. The van der Waals surface area contributed by atoms with Gasteiger partial charge in [0.1, 0.15) is 5.54 Å². The zero-order valence-corrected chi connectivity index (χ0v) is 19.4. The first kappa shape index (κ1) is 23.3. The molecule has 1 saturated carbocycles. The Hall–Kier alpha value is -2.85. The highest BCUT2D eigenvalue weighted by molar-refractivity contribution is 6.08. The number of hydrogen-bond acceptors (Lipinski definition) is 7. The topological polar surface area (TPSA) is 103 Å². The fourth-order valence-corrected chi connectivity index (χ4v) is 4.92. The van der Waals surface area contributed by atoms with Crippen molar-refractivity contribution < 1.29 is 23.9 Å². The summed E-state index contributed by atoms with van der Waals surface area (Å²) in [6.07, 6.45) is 4.13. The molecule has 3 aliphatic rings. The van der Waals surface area contributed by atoms with E-state index in [1.165, 1.54) is 0 Å². The summed E-state index contributed by atoms with van der Waals surface area (Å²) in [6, 6.07) is 5.38. The van der Waals surface area contributed by atoms with Crippen molar-refractivity contribution in [1.29, 1.82) is 0 Å². The van der Waals surface area contributed by atoms with Crippen molar-refractivity contribution in [3.8, 4) is 11.5 Å². The van der Waals surface area contributed by atoms with Gasteiger partial charge in [-0.1, -0.05) is 25.3 Å². The van der Waals surface area contributed by atoms with Crippen LogP contribution in [0.3, 0.4) is 0 Å². The Morgan fingerprint density at radius 2 is 1.67 bits per heavy atom. The van der Waals surface area contributed by atoms with Crippen LogP contribution in [0.4, 0.5) is 4.79 Å². The van der Waals surface area contributed by atoms with Crippen LogP contribution in [0.15, 0.2) is 18.2 Å². The van der Waals surface area contributed by atoms with Crippen molar-refractivity contribution in [3.63, 3.8) is 0 Å². The van der Waals surface area contributed by atoms with Crippen molar-refractivity contribution >= 4 is 17.8 Å². The third-order valence-corrected chi connectivity index (χ3v) is 6.79. The third kappa shape index (κ3) is 5.06. The second kappa shape index (κ2) is 9.96. The summed E-state index contributed by atoms with van der Waals surface area (Å²) in [4.78, 5) is 42.1. The number of benzene rings is 1. The zero-order valence-electron chi connectivity index (χ0n) is 19.4. The highest BCUT2D eigenvalue weighted by Crippen LogP contribution is 2.33. The summed E-state index contributed by atoms with van der Waals surface area (Å²) in [5.74, 6) is 0.734. The van der Waals surface area contributed by atoms with Crippen molar-refractivity contribution in [3.05, 3.63) is 23.8 Å². The second-order valence-corrected chi connectivity index (χ2v) is 8.99. The SMILES string of the molecule is COc1ccc(CN2CCN(CC(=O)NN3C(=O)NC4(CCCCC4)C3=O)CC2)cc1OC. The maximum atomic E-state index is 12.8. The minimum Gasteiger partial charge on any atom is -0.493 e. The van der Waals surface area contributed by atoms with Crippen LogP contribution in [0.1, 0.15) is 37.7 Å². The third-order valence-electron chi connectivity index (χ3n) is 6.79. The highest BCUT2D eigenvalue weighted by Gasteiger charge is 2.52. The number of nitrogens with one attached hydrogen (secondary N) is 2. The first-order chi connectivity index (χ1) is 15.9. The van der Waals surface area contributed by atoms with E-state index in [9.17, 15) is 14.4 Å². The Kier molecular flexibility index (Phi) is 7.04. The summed E-state index contributed by atoms with van der Waals surface area (Å²) < 4.78 is 10.7. The molecule has 1 aromatic carbocycles. The van der Waals surface area contributed by atoms with Gasteiger partial charge in [-0.3, -0.25) is 24.8 Å². The Balaban J connectivity index is 1.24. The molecule has 2 aliphatic heterocycles. The number of rotatable bonds is 7. The minimum atomic E-state index is -0.835. The normalized spacial score (nSPS) is 21.2.